The van der Waals surface area contributed by atoms with E-state index in [9.17, 15) is 9.50 Å². The van der Waals surface area contributed by atoms with Crippen molar-refractivity contribution in [2.75, 3.05) is 0 Å². The Labute approximate surface area is 166 Å². The highest BCUT2D eigenvalue weighted by Gasteiger charge is 2.56. The number of halogens is 2. The Morgan fingerprint density at radius 3 is 2.81 bits per heavy atom. The third-order valence-electron chi connectivity index (χ3n) is 5.16. The minimum atomic E-state index is -1.28. The summed E-state index contributed by atoms with van der Waals surface area (Å²) in [6.07, 6.45) is -0.509. The Balaban J connectivity index is 1.34. The molecule has 2 saturated heterocycles. The number of ether oxygens (including phenoxy) is 3. The largest absolute Gasteiger partial charge is 0.387 e. The summed E-state index contributed by atoms with van der Waals surface area (Å²) in [5.41, 5.74) is 1.51. The molecule has 4 rings (SSSR count). The molecule has 4 nitrogen and oxygen atoms in total. The van der Waals surface area contributed by atoms with Crippen molar-refractivity contribution in [1.82, 2.24) is 0 Å². The first-order valence-corrected chi connectivity index (χ1v) is 10.4. The van der Waals surface area contributed by atoms with Crippen LogP contribution in [0.15, 0.2) is 41.1 Å². The summed E-state index contributed by atoms with van der Waals surface area (Å²) in [5, 5.41) is 14.7. The molecule has 0 spiro atoms. The van der Waals surface area contributed by atoms with Gasteiger partial charge in [-0.2, -0.15) is 11.3 Å². The van der Waals surface area contributed by atoms with Crippen molar-refractivity contribution in [3.05, 3.63) is 58.0 Å². The van der Waals surface area contributed by atoms with Gasteiger partial charge in [0.05, 0.1) is 6.10 Å². The van der Waals surface area contributed by atoms with Gasteiger partial charge in [-0.15, -0.1) is 11.6 Å². The molecule has 2 unspecified atom stereocenters. The van der Waals surface area contributed by atoms with Crippen LogP contribution >= 0.6 is 22.9 Å². The first-order chi connectivity index (χ1) is 13.0. The number of hydrogen-bond acceptors (Lipinski definition) is 5. The van der Waals surface area contributed by atoms with Gasteiger partial charge in [-0.3, -0.25) is 0 Å². The zero-order chi connectivity index (χ0) is 19.0. The van der Waals surface area contributed by atoms with E-state index >= 15 is 0 Å². The van der Waals surface area contributed by atoms with Gasteiger partial charge in [0.25, 0.3) is 0 Å². The van der Waals surface area contributed by atoms with Crippen LogP contribution in [0.5, 0.6) is 0 Å². The average Bonchev–Trinajstić information content (AvgIpc) is 3.32. The molecule has 2 fully saturated rings. The summed E-state index contributed by atoms with van der Waals surface area (Å²) < 4.78 is 31.8. The van der Waals surface area contributed by atoms with E-state index in [-0.39, 0.29) is 5.38 Å². The molecule has 1 N–H and O–H groups in total. The molecule has 2 aromatic rings. The van der Waals surface area contributed by atoms with E-state index < -0.39 is 36.2 Å². The first-order valence-electron chi connectivity index (χ1n) is 9.05. The number of fused-ring (bicyclic) bond motifs is 1. The van der Waals surface area contributed by atoms with Gasteiger partial charge in [0, 0.05) is 10.9 Å². The Bertz CT molecular complexity index is 773. The summed E-state index contributed by atoms with van der Waals surface area (Å²) in [6, 6.07) is 8.37. The van der Waals surface area contributed by atoms with Crippen molar-refractivity contribution in [2.45, 2.75) is 62.0 Å². The van der Waals surface area contributed by atoms with Crippen LogP contribution in [0, 0.1) is 5.82 Å². The van der Waals surface area contributed by atoms with Gasteiger partial charge in [0.15, 0.2) is 12.1 Å². The van der Waals surface area contributed by atoms with Crippen LogP contribution in [0.4, 0.5) is 4.39 Å². The van der Waals surface area contributed by atoms with Crippen molar-refractivity contribution < 1.29 is 23.7 Å². The second kappa shape index (κ2) is 7.78. The molecule has 1 aromatic carbocycles. The Hall–Kier alpha value is -1.02. The predicted molar refractivity (Wildman–Crippen MR) is 101 cm³/mol. The molecule has 6 atom stereocenters. The quantitative estimate of drug-likeness (QED) is 0.723. The molecule has 2 aliphatic rings. The summed E-state index contributed by atoms with van der Waals surface area (Å²) >= 11 is 8.08. The lowest BCUT2D eigenvalue weighted by molar-refractivity contribution is -0.233. The lowest BCUT2D eigenvalue weighted by Crippen LogP contribution is -2.35. The fourth-order valence-electron chi connectivity index (χ4n) is 3.74. The maximum absolute atomic E-state index is 14.1. The second-order valence-electron chi connectivity index (χ2n) is 7.17. The molecular weight excluding hydrogens is 391 g/mol. The van der Waals surface area contributed by atoms with E-state index in [1.807, 2.05) is 5.38 Å². The minimum Gasteiger partial charge on any atom is -0.387 e. The Morgan fingerprint density at radius 1 is 1.30 bits per heavy atom. The van der Waals surface area contributed by atoms with Crippen LogP contribution in [-0.4, -0.2) is 35.1 Å². The van der Waals surface area contributed by atoms with Crippen LogP contribution in [0.3, 0.4) is 0 Å². The zero-order valence-electron chi connectivity index (χ0n) is 14.9. The van der Waals surface area contributed by atoms with E-state index in [0.29, 0.717) is 18.4 Å². The monoisotopic (exact) mass is 412 g/mol. The van der Waals surface area contributed by atoms with E-state index in [2.05, 4.69) is 11.4 Å². The normalized spacial score (nSPS) is 33.9. The summed E-state index contributed by atoms with van der Waals surface area (Å²) in [7, 11) is 0. The minimum absolute atomic E-state index is 0.0265. The molecule has 0 aliphatic carbocycles. The topological polar surface area (TPSA) is 47.9 Å². The summed E-state index contributed by atoms with van der Waals surface area (Å²) in [5.74, 6) is -1.69. The number of benzene rings is 1. The van der Waals surface area contributed by atoms with Gasteiger partial charge < -0.3 is 19.3 Å². The van der Waals surface area contributed by atoms with Gasteiger partial charge in [-0.1, -0.05) is 18.2 Å². The molecular formula is C20H22ClFO4S. The SMILES string of the molecule is CC1(c2ccccc2F)O[C@H]2O[C@H](CCC(Cl)Cc3ccsc3)[C@H](O)[C@H]2O1. The lowest BCUT2D eigenvalue weighted by Gasteiger charge is -2.27. The average molecular weight is 413 g/mol. The van der Waals surface area contributed by atoms with Crippen LogP contribution in [0.25, 0.3) is 0 Å². The van der Waals surface area contributed by atoms with Crippen molar-refractivity contribution in [1.29, 1.82) is 0 Å². The molecule has 27 heavy (non-hydrogen) atoms. The number of thiophene rings is 1. The van der Waals surface area contributed by atoms with E-state index in [0.717, 1.165) is 6.42 Å². The third-order valence-corrected chi connectivity index (χ3v) is 6.27. The number of alkyl halides is 1. The molecule has 146 valence electrons. The van der Waals surface area contributed by atoms with E-state index in [1.54, 1.807) is 36.5 Å². The smallest absolute Gasteiger partial charge is 0.198 e. The molecule has 3 heterocycles. The molecule has 0 bridgehead atoms. The standard InChI is InChI=1S/C20H22ClFO4S/c1-20(14-4-2-3-5-15(14)22)25-18-17(23)16(24-19(18)26-20)7-6-13(21)10-12-8-9-27-11-12/h2-5,8-9,11,13,16-19,23H,6-7,10H2,1H3/t13?,16-,17+,18-,19-,20?/m1/s1. The number of aliphatic hydroxyl groups is 1. The Kier molecular flexibility index (Phi) is 5.56. The molecule has 2 aliphatic heterocycles. The maximum atomic E-state index is 14.1. The Morgan fingerprint density at radius 2 is 2.11 bits per heavy atom. The summed E-state index contributed by atoms with van der Waals surface area (Å²) in [4.78, 5) is 0. The van der Waals surface area contributed by atoms with Crippen LogP contribution in [-0.2, 0) is 26.4 Å². The molecule has 7 heteroatoms. The fourth-order valence-corrected chi connectivity index (χ4v) is 4.72. The van der Waals surface area contributed by atoms with Crippen LogP contribution in [0.1, 0.15) is 30.9 Å². The van der Waals surface area contributed by atoms with Crippen molar-refractivity contribution in [2.24, 2.45) is 0 Å². The van der Waals surface area contributed by atoms with E-state index in [4.69, 9.17) is 25.8 Å². The zero-order valence-corrected chi connectivity index (χ0v) is 16.5. The highest BCUT2D eigenvalue weighted by molar-refractivity contribution is 7.07. The van der Waals surface area contributed by atoms with Gasteiger partial charge >= 0.3 is 0 Å². The third kappa shape index (κ3) is 3.92. The summed E-state index contributed by atoms with van der Waals surface area (Å²) in [6.45, 7) is 1.64. The van der Waals surface area contributed by atoms with Crippen LogP contribution < -0.4 is 0 Å². The highest BCUT2D eigenvalue weighted by Crippen LogP contribution is 2.44. The van der Waals surface area contributed by atoms with Crippen molar-refractivity contribution in [3.63, 3.8) is 0 Å². The van der Waals surface area contributed by atoms with Gasteiger partial charge in [-0.25, -0.2) is 4.39 Å². The molecule has 1 aromatic heterocycles. The van der Waals surface area contributed by atoms with Gasteiger partial charge in [0.1, 0.15) is 18.0 Å². The second-order valence-corrected chi connectivity index (χ2v) is 8.57. The number of aliphatic hydroxyl groups excluding tert-OH is 1. The van der Waals surface area contributed by atoms with Crippen LogP contribution in [0.2, 0.25) is 0 Å². The maximum Gasteiger partial charge on any atom is 0.198 e. The fraction of sp³-hybridized carbons (Fsp3) is 0.500. The molecule has 0 saturated carbocycles. The predicted octanol–water partition coefficient (Wildman–Crippen LogP) is 4.19. The van der Waals surface area contributed by atoms with Gasteiger partial charge in [0.2, 0.25) is 0 Å². The number of hydrogen-bond donors (Lipinski definition) is 1. The van der Waals surface area contributed by atoms with Gasteiger partial charge in [-0.05, 0) is 54.6 Å². The lowest BCUT2D eigenvalue weighted by atomic mass is 10.0. The first kappa shape index (κ1) is 19.3. The highest BCUT2D eigenvalue weighted by atomic mass is 35.5. The van der Waals surface area contributed by atoms with Crippen molar-refractivity contribution >= 4 is 22.9 Å². The van der Waals surface area contributed by atoms with E-state index in [1.165, 1.54) is 11.6 Å². The molecule has 0 radical (unpaired) electrons. The number of rotatable bonds is 6. The molecule has 0 amide bonds. The van der Waals surface area contributed by atoms with Crippen molar-refractivity contribution in [3.8, 4) is 0 Å².